The molecule has 5 heteroatoms. The number of amides is 1. The summed E-state index contributed by atoms with van der Waals surface area (Å²) < 4.78 is 13.4. The van der Waals surface area contributed by atoms with Gasteiger partial charge in [-0.15, -0.1) is 0 Å². The van der Waals surface area contributed by atoms with Gasteiger partial charge in [0.2, 0.25) is 0 Å². The van der Waals surface area contributed by atoms with Crippen LogP contribution in [0.25, 0.3) is 0 Å². The highest BCUT2D eigenvalue weighted by atomic mass is 35.5. The molecule has 1 heterocycles. The van der Waals surface area contributed by atoms with Crippen LogP contribution in [-0.2, 0) is 0 Å². The van der Waals surface area contributed by atoms with Crippen LogP contribution in [0.1, 0.15) is 24.2 Å². The van der Waals surface area contributed by atoms with Crippen LogP contribution in [0.15, 0.2) is 18.2 Å². The molecule has 1 fully saturated rings. The highest BCUT2D eigenvalue weighted by molar-refractivity contribution is 6.34. The van der Waals surface area contributed by atoms with Crippen molar-refractivity contribution in [2.75, 3.05) is 13.1 Å². The number of benzene rings is 1. The van der Waals surface area contributed by atoms with Gasteiger partial charge in [-0.3, -0.25) is 4.79 Å². The van der Waals surface area contributed by atoms with Crippen molar-refractivity contribution in [3.63, 3.8) is 0 Å². The average molecular weight is 271 g/mol. The minimum atomic E-state index is -0.557. The van der Waals surface area contributed by atoms with Crippen LogP contribution in [0.2, 0.25) is 5.02 Å². The van der Waals surface area contributed by atoms with E-state index in [0.29, 0.717) is 0 Å². The van der Waals surface area contributed by atoms with Crippen molar-refractivity contribution >= 4 is 17.5 Å². The van der Waals surface area contributed by atoms with Crippen LogP contribution < -0.4 is 5.32 Å². The molecule has 0 aromatic heterocycles. The van der Waals surface area contributed by atoms with Crippen LogP contribution in [-0.4, -0.2) is 36.0 Å². The van der Waals surface area contributed by atoms with Gasteiger partial charge in [0.05, 0.1) is 10.6 Å². The van der Waals surface area contributed by atoms with Gasteiger partial charge in [0.1, 0.15) is 5.82 Å². The Labute approximate surface area is 111 Å². The highest BCUT2D eigenvalue weighted by Gasteiger charge is 2.30. The van der Waals surface area contributed by atoms with E-state index in [2.05, 4.69) is 5.32 Å². The molecule has 1 amide bonds. The predicted octanol–water partition coefficient (Wildman–Crippen LogP) is 2.30. The molecule has 18 heavy (non-hydrogen) atoms. The number of nitrogens with zero attached hydrogens (tertiary/aromatic N) is 1. The molecule has 1 saturated heterocycles. The molecular weight excluding hydrogens is 255 g/mol. The normalized spacial score (nSPS) is 24.1. The van der Waals surface area contributed by atoms with E-state index in [9.17, 15) is 9.18 Å². The van der Waals surface area contributed by atoms with Crippen LogP contribution in [0, 0.1) is 5.82 Å². The van der Waals surface area contributed by atoms with Gasteiger partial charge in [0.25, 0.3) is 5.91 Å². The summed E-state index contributed by atoms with van der Waals surface area (Å²) in [7, 11) is 0. The molecule has 0 spiro atoms. The number of carbonyl (C=O) groups excluding carboxylic acids is 1. The summed E-state index contributed by atoms with van der Waals surface area (Å²) in [5.74, 6) is -0.765. The second kappa shape index (κ2) is 5.24. The number of hydrogen-bond donors (Lipinski definition) is 1. The maximum atomic E-state index is 13.4. The molecule has 0 aliphatic carbocycles. The lowest BCUT2D eigenvalue weighted by Gasteiger charge is -2.39. The average Bonchev–Trinajstić information content (AvgIpc) is 2.32. The van der Waals surface area contributed by atoms with Crippen LogP contribution >= 0.6 is 11.6 Å². The number of halogens is 2. The summed E-state index contributed by atoms with van der Waals surface area (Å²) in [6.45, 7) is 5.41. The zero-order chi connectivity index (χ0) is 13.3. The van der Waals surface area contributed by atoms with E-state index in [1.165, 1.54) is 12.1 Å². The molecule has 2 rings (SSSR count). The second-order valence-corrected chi connectivity index (χ2v) is 5.05. The van der Waals surface area contributed by atoms with Crippen molar-refractivity contribution in [1.82, 2.24) is 10.2 Å². The molecular formula is C13H16ClFN2O. The standard InChI is InChI=1S/C13H16ClFN2O/c1-8-6-16-7-9(2)17(8)13(18)10-4-3-5-11(15)12(10)14/h3-5,8-9,16H,6-7H2,1-2H3. The fourth-order valence-corrected chi connectivity index (χ4v) is 2.55. The number of hydrogen-bond acceptors (Lipinski definition) is 2. The van der Waals surface area contributed by atoms with Gasteiger partial charge in [0.15, 0.2) is 0 Å². The Morgan fingerprint density at radius 3 is 2.61 bits per heavy atom. The monoisotopic (exact) mass is 270 g/mol. The molecule has 2 unspecified atom stereocenters. The van der Waals surface area contributed by atoms with Gasteiger partial charge in [0, 0.05) is 25.2 Å². The number of nitrogens with one attached hydrogen (secondary N) is 1. The molecule has 1 N–H and O–H groups in total. The first kappa shape index (κ1) is 13.3. The summed E-state index contributed by atoms with van der Waals surface area (Å²) in [5, 5.41) is 3.15. The minimum Gasteiger partial charge on any atom is -0.331 e. The first-order valence-corrected chi connectivity index (χ1v) is 6.37. The first-order valence-electron chi connectivity index (χ1n) is 5.99. The van der Waals surface area contributed by atoms with Crippen molar-refractivity contribution < 1.29 is 9.18 Å². The SMILES string of the molecule is CC1CNCC(C)N1C(=O)c1cccc(F)c1Cl. The van der Waals surface area contributed by atoms with Crippen molar-refractivity contribution in [1.29, 1.82) is 0 Å². The Hall–Kier alpha value is -1.13. The van der Waals surface area contributed by atoms with Crippen molar-refractivity contribution in [3.8, 4) is 0 Å². The van der Waals surface area contributed by atoms with Crippen LogP contribution in [0.3, 0.4) is 0 Å². The van der Waals surface area contributed by atoms with E-state index in [-0.39, 0.29) is 28.6 Å². The second-order valence-electron chi connectivity index (χ2n) is 4.67. The molecule has 3 nitrogen and oxygen atoms in total. The molecule has 1 aliphatic heterocycles. The molecule has 98 valence electrons. The van der Waals surface area contributed by atoms with Crippen LogP contribution in [0.4, 0.5) is 4.39 Å². The van der Waals surface area contributed by atoms with Gasteiger partial charge in [-0.1, -0.05) is 17.7 Å². The number of carbonyl (C=O) groups is 1. The topological polar surface area (TPSA) is 32.3 Å². The van der Waals surface area contributed by atoms with Crippen LogP contribution in [0.5, 0.6) is 0 Å². The third-order valence-electron chi connectivity index (χ3n) is 3.25. The lowest BCUT2D eigenvalue weighted by atomic mass is 10.1. The van der Waals surface area contributed by atoms with E-state index in [1.807, 2.05) is 13.8 Å². The molecule has 0 bridgehead atoms. The molecule has 0 saturated carbocycles. The molecule has 0 radical (unpaired) electrons. The van der Waals surface area contributed by atoms with Gasteiger partial charge < -0.3 is 10.2 Å². The lowest BCUT2D eigenvalue weighted by molar-refractivity contribution is 0.0544. The van der Waals surface area contributed by atoms with Gasteiger partial charge in [-0.25, -0.2) is 4.39 Å². The lowest BCUT2D eigenvalue weighted by Crippen LogP contribution is -2.57. The van der Waals surface area contributed by atoms with E-state index in [0.717, 1.165) is 13.1 Å². The maximum Gasteiger partial charge on any atom is 0.256 e. The highest BCUT2D eigenvalue weighted by Crippen LogP contribution is 2.23. The van der Waals surface area contributed by atoms with Gasteiger partial charge in [-0.2, -0.15) is 0 Å². The fourth-order valence-electron chi connectivity index (χ4n) is 2.34. The molecule has 1 aliphatic rings. The third-order valence-corrected chi connectivity index (χ3v) is 3.63. The Balaban J connectivity index is 2.32. The van der Waals surface area contributed by atoms with Crippen molar-refractivity contribution in [3.05, 3.63) is 34.6 Å². The largest absolute Gasteiger partial charge is 0.331 e. The summed E-state index contributed by atoms with van der Waals surface area (Å²) in [6, 6.07) is 4.46. The fraction of sp³-hybridized carbons (Fsp3) is 0.462. The summed E-state index contributed by atoms with van der Waals surface area (Å²) in [5.41, 5.74) is 0.234. The Morgan fingerprint density at radius 2 is 2.00 bits per heavy atom. The summed E-state index contributed by atoms with van der Waals surface area (Å²) in [4.78, 5) is 14.2. The maximum absolute atomic E-state index is 13.4. The molecule has 2 atom stereocenters. The van der Waals surface area contributed by atoms with Crippen molar-refractivity contribution in [2.45, 2.75) is 25.9 Å². The van der Waals surface area contributed by atoms with E-state index in [4.69, 9.17) is 11.6 Å². The third kappa shape index (κ3) is 2.35. The Bertz CT molecular complexity index is 456. The minimum absolute atomic E-state index is 0.0700. The summed E-state index contributed by atoms with van der Waals surface area (Å²) in [6.07, 6.45) is 0. The number of piperazine rings is 1. The molecule has 1 aromatic carbocycles. The zero-order valence-electron chi connectivity index (χ0n) is 10.4. The van der Waals surface area contributed by atoms with Crippen molar-refractivity contribution in [2.24, 2.45) is 0 Å². The smallest absolute Gasteiger partial charge is 0.256 e. The van der Waals surface area contributed by atoms with E-state index >= 15 is 0 Å². The summed E-state index contributed by atoms with van der Waals surface area (Å²) >= 11 is 5.86. The predicted molar refractivity (Wildman–Crippen MR) is 69.4 cm³/mol. The number of rotatable bonds is 1. The Morgan fingerprint density at radius 1 is 1.39 bits per heavy atom. The van der Waals surface area contributed by atoms with Gasteiger partial charge >= 0.3 is 0 Å². The van der Waals surface area contributed by atoms with E-state index in [1.54, 1.807) is 11.0 Å². The zero-order valence-corrected chi connectivity index (χ0v) is 11.2. The van der Waals surface area contributed by atoms with E-state index < -0.39 is 5.82 Å². The van der Waals surface area contributed by atoms with Gasteiger partial charge in [-0.05, 0) is 26.0 Å². The first-order chi connectivity index (χ1) is 8.52. The quantitative estimate of drug-likeness (QED) is 0.849. The molecule has 1 aromatic rings. The Kier molecular flexibility index (Phi) is 3.88.